The summed E-state index contributed by atoms with van der Waals surface area (Å²) in [5, 5.41) is 7.91. The SMILES string of the molecule is CC1CCN([C@H](CNC(=O)NCc2ccc(S(=O)(=O)N(C)C)s2)c2cccs2)CC1. The molecule has 3 heterocycles. The van der Waals surface area contributed by atoms with Crippen molar-refractivity contribution < 1.29 is 13.2 Å². The number of carbonyl (C=O) groups excluding carboxylic acids is 1. The molecule has 0 bridgehead atoms. The fourth-order valence-electron chi connectivity index (χ4n) is 3.42. The molecule has 0 unspecified atom stereocenters. The standard InChI is InChI=1S/C20H30N4O3S3/c1-15-8-10-24(11-9-15)17(18-5-4-12-28-18)14-22-20(25)21-13-16-6-7-19(29-16)30(26,27)23(2)3/h4-7,12,15,17H,8-11,13-14H2,1-3H3,(H2,21,22,25)/t17-/m1/s1. The number of nitrogens with one attached hydrogen (secondary N) is 2. The highest BCUT2D eigenvalue weighted by Gasteiger charge is 2.26. The molecule has 10 heteroatoms. The van der Waals surface area contributed by atoms with Gasteiger partial charge in [0.05, 0.1) is 12.6 Å². The monoisotopic (exact) mass is 470 g/mol. The van der Waals surface area contributed by atoms with E-state index in [0.717, 1.165) is 23.9 Å². The number of piperidine rings is 1. The van der Waals surface area contributed by atoms with E-state index in [-0.39, 0.29) is 16.3 Å². The summed E-state index contributed by atoms with van der Waals surface area (Å²) in [5.74, 6) is 0.758. The summed E-state index contributed by atoms with van der Waals surface area (Å²) in [6, 6.07) is 7.44. The smallest absolute Gasteiger partial charge is 0.315 e. The third-order valence-electron chi connectivity index (χ3n) is 5.38. The number of amides is 2. The highest BCUT2D eigenvalue weighted by Crippen LogP contribution is 2.29. The number of thiophene rings is 2. The molecule has 3 rings (SSSR count). The van der Waals surface area contributed by atoms with Gasteiger partial charge in [0, 0.05) is 30.4 Å². The van der Waals surface area contributed by atoms with Gasteiger partial charge in [-0.05, 0) is 55.4 Å². The van der Waals surface area contributed by atoms with Crippen molar-refractivity contribution in [3.8, 4) is 0 Å². The maximum Gasteiger partial charge on any atom is 0.315 e. The van der Waals surface area contributed by atoms with Crippen molar-refractivity contribution in [2.45, 2.75) is 36.6 Å². The van der Waals surface area contributed by atoms with Gasteiger partial charge in [0.1, 0.15) is 4.21 Å². The van der Waals surface area contributed by atoms with Gasteiger partial charge in [-0.1, -0.05) is 13.0 Å². The summed E-state index contributed by atoms with van der Waals surface area (Å²) in [7, 11) is -0.424. The number of hydrogen-bond acceptors (Lipinski definition) is 6. The molecule has 1 aliphatic rings. The molecule has 2 aromatic heterocycles. The number of sulfonamides is 1. The summed E-state index contributed by atoms with van der Waals surface area (Å²) in [4.78, 5) is 16.9. The second-order valence-electron chi connectivity index (χ2n) is 7.82. The highest BCUT2D eigenvalue weighted by atomic mass is 32.2. The lowest BCUT2D eigenvalue weighted by Crippen LogP contribution is -2.44. The maximum absolute atomic E-state index is 12.4. The zero-order valence-corrected chi connectivity index (χ0v) is 20.1. The summed E-state index contributed by atoms with van der Waals surface area (Å²) >= 11 is 2.90. The van der Waals surface area contributed by atoms with Gasteiger partial charge in [-0.2, -0.15) is 0 Å². The first-order valence-electron chi connectivity index (χ1n) is 10.1. The molecule has 0 aliphatic carbocycles. The van der Waals surface area contributed by atoms with Crippen molar-refractivity contribution in [2.75, 3.05) is 33.7 Å². The van der Waals surface area contributed by atoms with Gasteiger partial charge < -0.3 is 10.6 Å². The minimum absolute atomic E-state index is 0.182. The summed E-state index contributed by atoms with van der Waals surface area (Å²) in [5.41, 5.74) is 0. The fraction of sp³-hybridized carbons (Fsp3) is 0.550. The first-order valence-corrected chi connectivity index (χ1v) is 13.2. The van der Waals surface area contributed by atoms with Crippen LogP contribution >= 0.6 is 22.7 Å². The van der Waals surface area contributed by atoms with Crippen molar-refractivity contribution >= 4 is 38.7 Å². The van der Waals surface area contributed by atoms with Crippen molar-refractivity contribution in [1.29, 1.82) is 0 Å². The minimum Gasteiger partial charge on any atom is -0.336 e. The average Bonchev–Trinajstić information content (AvgIpc) is 3.40. The minimum atomic E-state index is -3.44. The largest absolute Gasteiger partial charge is 0.336 e. The van der Waals surface area contributed by atoms with E-state index >= 15 is 0 Å². The summed E-state index contributed by atoms with van der Waals surface area (Å²) < 4.78 is 25.8. The molecule has 1 saturated heterocycles. The molecule has 2 amide bonds. The van der Waals surface area contributed by atoms with Crippen LogP contribution in [0.1, 0.15) is 35.6 Å². The number of nitrogens with zero attached hydrogens (tertiary/aromatic N) is 2. The Labute approximate surface area is 187 Å². The van der Waals surface area contributed by atoms with Crippen LogP contribution in [-0.4, -0.2) is 57.4 Å². The van der Waals surface area contributed by atoms with Crippen LogP contribution in [0.4, 0.5) is 4.79 Å². The van der Waals surface area contributed by atoms with Crippen molar-refractivity contribution in [3.63, 3.8) is 0 Å². The third-order valence-corrected chi connectivity index (χ3v) is 9.72. The van der Waals surface area contributed by atoms with E-state index in [2.05, 4.69) is 40.0 Å². The van der Waals surface area contributed by atoms with Crippen molar-refractivity contribution in [1.82, 2.24) is 19.8 Å². The Morgan fingerprint density at radius 3 is 2.60 bits per heavy atom. The molecule has 0 saturated carbocycles. The lowest BCUT2D eigenvalue weighted by atomic mass is 9.97. The topological polar surface area (TPSA) is 81.8 Å². The van der Waals surface area contributed by atoms with Crippen LogP contribution in [0.3, 0.4) is 0 Å². The molecule has 1 atom stereocenters. The lowest BCUT2D eigenvalue weighted by molar-refractivity contribution is 0.138. The van der Waals surface area contributed by atoms with Gasteiger partial charge in [0.15, 0.2) is 0 Å². The summed E-state index contributed by atoms with van der Waals surface area (Å²) in [6.07, 6.45) is 2.37. The zero-order valence-electron chi connectivity index (χ0n) is 17.6. The van der Waals surface area contributed by atoms with Crippen LogP contribution in [0, 0.1) is 5.92 Å². The number of urea groups is 1. The van der Waals surface area contributed by atoms with Gasteiger partial charge >= 0.3 is 6.03 Å². The normalized spacial score (nSPS) is 17.2. The van der Waals surface area contributed by atoms with E-state index < -0.39 is 10.0 Å². The van der Waals surface area contributed by atoms with Crippen LogP contribution in [0.15, 0.2) is 33.9 Å². The molecule has 1 aliphatic heterocycles. The fourth-order valence-corrected chi connectivity index (χ4v) is 6.75. The number of rotatable bonds is 8. The van der Waals surface area contributed by atoms with Gasteiger partial charge in [0.25, 0.3) is 10.0 Å². The molecule has 30 heavy (non-hydrogen) atoms. The molecule has 2 N–H and O–H groups in total. The predicted octanol–water partition coefficient (Wildman–Crippen LogP) is 3.33. The molecular weight excluding hydrogens is 440 g/mol. The van der Waals surface area contributed by atoms with E-state index in [1.807, 2.05) is 0 Å². The maximum atomic E-state index is 12.4. The lowest BCUT2D eigenvalue weighted by Gasteiger charge is -2.36. The number of carbonyl (C=O) groups is 1. The van der Waals surface area contributed by atoms with E-state index in [0.29, 0.717) is 13.1 Å². The van der Waals surface area contributed by atoms with Gasteiger partial charge in [-0.25, -0.2) is 17.5 Å². The van der Waals surface area contributed by atoms with E-state index in [1.165, 1.54) is 47.5 Å². The Kier molecular flexibility index (Phi) is 7.92. The van der Waals surface area contributed by atoms with E-state index in [9.17, 15) is 13.2 Å². The number of hydrogen-bond donors (Lipinski definition) is 2. The Morgan fingerprint density at radius 2 is 1.97 bits per heavy atom. The van der Waals surface area contributed by atoms with Crippen LogP contribution in [0.25, 0.3) is 0 Å². The van der Waals surface area contributed by atoms with Crippen LogP contribution < -0.4 is 10.6 Å². The molecule has 1 fully saturated rings. The van der Waals surface area contributed by atoms with Gasteiger partial charge in [-0.15, -0.1) is 22.7 Å². The summed E-state index contributed by atoms with van der Waals surface area (Å²) in [6.45, 7) is 5.23. The van der Waals surface area contributed by atoms with Crippen LogP contribution in [0.2, 0.25) is 0 Å². The Bertz CT molecular complexity index is 917. The Hall–Kier alpha value is -1.46. The molecule has 0 spiro atoms. The molecule has 0 radical (unpaired) electrons. The third kappa shape index (κ3) is 5.82. The van der Waals surface area contributed by atoms with Crippen molar-refractivity contribution in [3.05, 3.63) is 39.4 Å². The zero-order chi connectivity index (χ0) is 21.7. The first kappa shape index (κ1) is 23.2. The average molecular weight is 471 g/mol. The van der Waals surface area contributed by atoms with Crippen LogP contribution in [-0.2, 0) is 16.6 Å². The highest BCUT2D eigenvalue weighted by molar-refractivity contribution is 7.91. The van der Waals surface area contributed by atoms with E-state index in [1.54, 1.807) is 23.5 Å². The Balaban J connectivity index is 1.53. The molecule has 166 valence electrons. The van der Waals surface area contributed by atoms with Gasteiger partial charge in [-0.3, -0.25) is 4.90 Å². The Morgan fingerprint density at radius 1 is 1.23 bits per heavy atom. The van der Waals surface area contributed by atoms with Crippen molar-refractivity contribution in [2.24, 2.45) is 5.92 Å². The molecule has 2 aromatic rings. The quantitative estimate of drug-likeness (QED) is 0.620. The van der Waals surface area contributed by atoms with E-state index in [4.69, 9.17) is 0 Å². The second kappa shape index (κ2) is 10.2. The first-order chi connectivity index (χ1) is 14.3. The molecule has 7 nitrogen and oxygen atoms in total. The predicted molar refractivity (Wildman–Crippen MR) is 122 cm³/mol. The second-order valence-corrected chi connectivity index (χ2v) is 12.3. The molecular formula is C20H30N4O3S3. The van der Waals surface area contributed by atoms with Gasteiger partial charge in [0.2, 0.25) is 0 Å². The molecule has 0 aromatic carbocycles. The van der Waals surface area contributed by atoms with Crippen LogP contribution in [0.5, 0.6) is 0 Å². The number of likely N-dealkylation sites (tertiary alicyclic amines) is 1.